The number of ether oxygens (including phenoxy) is 2. The van der Waals surface area contributed by atoms with Crippen molar-refractivity contribution in [2.24, 2.45) is 0 Å². The SMILES string of the molecule is CCOc1ccccc1NC(=O)COC(=O)C[C@@H]1Sc2ccccc2NC1=O. The molecule has 146 valence electrons. The molecule has 3 rings (SSSR count). The summed E-state index contributed by atoms with van der Waals surface area (Å²) >= 11 is 1.31. The minimum atomic E-state index is -0.611. The monoisotopic (exact) mass is 400 g/mol. The van der Waals surface area contributed by atoms with Gasteiger partial charge in [-0.15, -0.1) is 11.8 Å². The summed E-state index contributed by atoms with van der Waals surface area (Å²) in [6.07, 6.45) is -0.117. The smallest absolute Gasteiger partial charge is 0.307 e. The molecule has 0 spiro atoms. The van der Waals surface area contributed by atoms with E-state index >= 15 is 0 Å². The fourth-order valence-electron chi connectivity index (χ4n) is 2.62. The molecule has 0 aromatic heterocycles. The van der Waals surface area contributed by atoms with Gasteiger partial charge in [0.25, 0.3) is 5.91 Å². The van der Waals surface area contributed by atoms with Gasteiger partial charge >= 0.3 is 5.97 Å². The van der Waals surface area contributed by atoms with Crippen molar-refractivity contribution in [2.45, 2.75) is 23.5 Å². The molecule has 1 aliphatic rings. The Morgan fingerprint density at radius 1 is 1.14 bits per heavy atom. The maximum Gasteiger partial charge on any atom is 0.307 e. The predicted octanol–water partition coefficient (Wildman–Crippen LogP) is 3.07. The Hall–Kier alpha value is -3.00. The first-order valence-corrected chi connectivity index (χ1v) is 9.68. The van der Waals surface area contributed by atoms with Gasteiger partial charge in [0.05, 0.1) is 29.7 Å². The van der Waals surface area contributed by atoms with Crippen molar-refractivity contribution in [1.29, 1.82) is 0 Å². The number of amides is 2. The lowest BCUT2D eigenvalue weighted by Gasteiger charge is -2.23. The van der Waals surface area contributed by atoms with Gasteiger partial charge in [-0.1, -0.05) is 24.3 Å². The van der Waals surface area contributed by atoms with Gasteiger partial charge in [0.2, 0.25) is 5.91 Å². The molecule has 0 fully saturated rings. The highest BCUT2D eigenvalue weighted by molar-refractivity contribution is 8.01. The van der Waals surface area contributed by atoms with Gasteiger partial charge in [-0.3, -0.25) is 14.4 Å². The Bertz CT molecular complexity index is 886. The van der Waals surface area contributed by atoms with Crippen molar-refractivity contribution >= 4 is 40.9 Å². The van der Waals surface area contributed by atoms with Crippen LogP contribution < -0.4 is 15.4 Å². The number of rotatable bonds is 7. The average molecular weight is 400 g/mol. The zero-order chi connectivity index (χ0) is 19.9. The zero-order valence-corrected chi connectivity index (χ0v) is 16.1. The molecule has 0 bridgehead atoms. The van der Waals surface area contributed by atoms with E-state index in [0.29, 0.717) is 18.0 Å². The molecule has 28 heavy (non-hydrogen) atoms. The maximum absolute atomic E-state index is 12.1. The number of nitrogens with one attached hydrogen (secondary N) is 2. The molecule has 7 nitrogen and oxygen atoms in total. The second kappa shape index (κ2) is 9.27. The summed E-state index contributed by atoms with van der Waals surface area (Å²) in [6.45, 7) is 1.87. The van der Waals surface area contributed by atoms with Crippen LogP contribution in [0.25, 0.3) is 0 Å². The predicted molar refractivity (Wildman–Crippen MR) is 107 cm³/mol. The van der Waals surface area contributed by atoms with Crippen LogP contribution in [-0.2, 0) is 19.1 Å². The van der Waals surface area contributed by atoms with Crippen LogP contribution in [0.2, 0.25) is 0 Å². The van der Waals surface area contributed by atoms with Crippen molar-refractivity contribution in [3.8, 4) is 5.75 Å². The van der Waals surface area contributed by atoms with Crippen LogP contribution in [-0.4, -0.2) is 36.2 Å². The van der Waals surface area contributed by atoms with Crippen molar-refractivity contribution < 1.29 is 23.9 Å². The third kappa shape index (κ3) is 5.04. The van der Waals surface area contributed by atoms with E-state index in [1.807, 2.05) is 25.1 Å². The highest BCUT2D eigenvalue weighted by Gasteiger charge is 2.29. The van der Waals surface area contributed by atoms with E-state index in [9.17, 15) is 14.4 Å². The zero-order valence-electron chi connectivity index (χ0n) is 15.3. The molecule has 0 saturated heterocycles. The summed E-state index contributed by atoms with van der Waals surface area (Å²) in [4.78, 5) is 37.2. The summed E-state index contributed by atoms with van der Waals surface area (Å²) < 4.78 is 10.5. The molecule has 2 aromatic carbocycles. The number of hydrogen-bond donors (Lipinski definition) is 2. The highest BCUT2D eigenvalue weighted by Crippen LogP contribution is 2.36. The van der Waals surface area contributed by atoms with Crippen molar-refractivity contribution in [2.75, 3.05) is 23.8 Å². The van der Waals surface area contributed by atoms with Crippen LogP contribution in [0.3, 0.4) is 0 Å². The van der Waals surface area contributed by atoms with E-state index in [4.69, 9.17) is 9.47 Å². The van der Waals surface area contributed by atoms with Crippen LogP contribution in [0.5, 0.6) is 5.75 Å². The molecule has 0 unspecified atom stereocenters. The first-order valence-electron chi connectivity index (χ1n) is 8.80. The Morgan fingerprint density at radius 2 is 1.89 bits per heavy atom. The second-order valence-corrected chi connectivity index (χ2v) is 7.18. The van der Waals surface area contributed by atoms with Gasteiger partial charge in [0, 0.05) is 4.90 Å². The molecule has 2 amide bonds. The van der Waals surface area contributed by atoms with Crippen LogP contribution in [0, 0.1) is 0 Å². The molecule has 0 aliphatic carbocycles. The third-order valence-electron chi connectivity index (χ3n) is 3.88. The van der Waals surface area contributed by atoms with Gasteiger partial charge in [0.15, 0.2) is 6.61 Å². The van der Waals surface area contributed by atoms with Crippen molar-refractivity contribution in [1.82, 2.24) is 0 Å². The summed E-state index contributed by atoms with van der Waals surface area (Å²) in [5, 5.41) is 4.83. The Morgan fingerprint density at radius 3 is 2.71 bits per heavy atom. The molecule has 0 radical (unpaired) electrons. The molecular weight excluding hydrogens is 380 g/mol. The number of thioether (sulfide) groups is 1. The molecule has 1 heterocycles. The fraction of sp³-hybridized carbons (Fsp3) is 0.250. The van der Waals surface area contributed by atoms with Gasteiger partial charge in [0.1, 0.15) is 5.75 Å². The lowest BCUT2D eigenvalue weighted by molar-refractivity contribution is -0.147. The Balaban J connectivity index is 1.49. The summed E-state index contributed by atoms with van der Waals surface area (Å²) in [5.74, 6) is -0.804. The van der Waals surface area contributed by atoms with Crippen LogP contribution in [0.15, 0.2) is 53.4 Å². The van der Waals surface area contributed by atoms with E-state index in [1.54, 1.807) is 30.3 Å². The molecule has 1 aliphatic heterocycles. The molecule has 0 saturated carbocycles. The van der Waals surface area contributed by atoms with Gasteiger partial charge < -0.3 is 20.1 Å². The number of benzene rings is 2. The lowest BCUT2D eigenvalue weighted by Crippen LogP contribution is -2.32. The van der Waals surface area contributed by atoms with E-state index in [-0.39, 0.29) is 12.3 Å². The van der Waals surface area contributed by atoms with Crippen LogP contribution >= 0.6 is 11.8 Å². The quantitative estimate of drug-likeness (QED) is 0.694. The minimum Gasteiger partial charge on any atom is -0.492 e. The van der Waals surface area contributed by atoms with Crippen molar-refractivity contribution in [3.05, 3.63) is 48.5 Å². The largest absolute Gasteiger partial charge is 0.492 e. The topological polar surface area (TPSA) is 93.7 Å². The maximum atomic E-state index is 12.1. The van der Waals surface area contributed by atoms with Gasteiger partial charge in [-0.25, -0.2) is 0 Å². The first kappa shape index (κ1) is 19.8. The van der Waals surface area contributed by atoms with Crippen LogP contribution in [0.1, 0.15) is 13.3 Å². The highest BCUT2D eigenvalue weighted by atomic mass is 32.2. The number of carbonyl (C=O) groups excluding carboxylic acids is 3. The molecule has 1 atom stereocenters. The summed E-state index contributed by atoms with van der Waals surface area (Å²) in [7, 11) is 0. The van der Waals surface area contributed by atoms with Gasteiger partial charge in [-0.05, 0) is 31.2 Å². The van der Waals surface area contributed by atoms with Crippen molar-refractivity contribution in [3.63, 3.8) is 0 Å². The van der Waals surface area contributed by atoms with E-state index in [1.165, 1.54) is 11.8 Å². The number of anilines is 2. The molecular formula is C20H20N2O5S. The summed E-state index contributed by atoms with van der Waals surface area (Å²) in [6, 6.07) is 14.4. The standard InChI is InChI=1S/C20H20N2O5S/c1-2-26-15-9-5-3-7-13(15)21-18(23)12-27-19(24)11-17-20(25)22-14-8-4-6-10-16(14)28-17/h3-10,17H,2,11-12H2,1H3,(H,21,23)(H,22,25)/t17-/m0/s1. The normalized spacial score (nSPS) is 15.2. The third-order valence-corrected chi connectivity index (χ3v) is 5.16. The van der Waals surface area contributed by atoms with E-state index in [0.717, 1.165) is 10.6 Å². The van der Waals surface area contributed by atoms with E-state index < -0.39 is 23.7 Å². The fourth-order valence-corrected chi connectivity index (χ4v) is 3.72. The number of esters is 1. The first-order chi connectivity index (χ1) is 13.6. The Kier molecular flexibility index (Phi) is 6.54. The molecule has 2 aromatic rings. The number of carbonyl (C=O) groups is 3. The minimum absolute atomic E-state index is 0.117. The number of hydrogen-bond acceptors (Lipinski definition) is 6. The Labute approximate surface area is 166 Å². The molecule has 8 heteroatoms. The second-order valence-electron chi connectivity index (χ2n) is 5.93. The number of fused-ring (bicyclic) bond motifs is 1. The lowest BCUT2D eigenvalue weighted by atomic mass is 10.2. The van der Waals surface area contributed by atoms with Gasteiger partial charge in [-0.2, -0.15) is 0 Å². The van der Waals surface area contributed by atoms with E-state index in [2.05, 4.69) is 10.6 Å². The molecule has 2 N–H and O–H groups in total. The summed E-state index contributed by atoms with van der Waals surface area (Å²) in [5.41, 5.74) is 1.23. The average Bonchev–Trinajstić information content (AvgIpc) is 2.69. The number of para-hydroxylation sites is 3. The van der Waals surface area contributed by atoms with Crippen LogP contribution in [0.4, 0.5) is 11.4 Å².